The standard InChI is InChI=1S/C9H15ClO/c10-8-4-6-2-1-3-7(6)5-9(8)11/h6-9,11H,1-5H2. The summed E-state index contributed by atoms with van der Waals surface area (Å²) in [5.74, 6) is 1.63. The quantitative estimate of drug-likeness (QED) is 0.558. The van der Waals surface area contributed by atoms with E-state index in [-0.39, 0.29) is 11.5 Å². The van der Waals surface area contributed by atoms with Crippen LogP contribution in [-0.2, 0) is 0 Å². The van der Waals surface area contributed by atoms with Crippen LogP contribution in [0.1, 0.15) is 32.1 Å². The minimum atomic E-state index is -0.226. The molecule has 64 valence electrons. The fourth-order valence-electron chi connectivity index (χ4n) is 2.64. The van der Waals surface area contributed by atoms with Crippen molar-refractivity contribution in [1.29, 1.82) is 0 Å². The molecule has 0 bridgehead atoms. The van der Waals surface area contributed by atoms with E-state index in [1.165, 1.54) is 19.3 Å². The number of fused-ring (bicyclic) bond motifs is 1. The molecular weight excluding hydrogens is 160 g/mol. The van der Waals surface area contributed by atoms with Crippen LogP contribution in [-0.4, -0.2) is 16.6 Å². The summed E-state index contributed by atoms with van der Waals surface area (Å²) < 4.78 is 0. The van der Waals surface area contributed by atoms with Gasteiger partial charge in [0.05, 0.1) is 11.5 Å². The summed E-state index contributed by atoms with van der Waals surface area (Å²) in [5, 5.41) is 9.53. The van der Waals surface area contributed by atoms with Gasteiger partial charge in [-0.2, -0.15) is 0 Å². The van der Waals surface area contributed by atoms with E-state index in [2.05, 4.69) is 0 Å². The monoisotopic (exact) mass is 174 g/mol. The third-order valence-electron chi connectivity index (χ3n) is 3.31. The third-order valence-corrected chi connectivity index (χ3v) is 3.78. The van der Waals surface area contributed by atoms with Crippen LogP contribution in [0.25, 0.3) is 0 Å². The average molecular weight is 175 g/mol. The Labute approximate surface area is 72.7 Å². The molecule has 11 heavy (non-hydrogen) atoms. The molecule has 0 heterocycles. The van der Waals surface area contributed by atoms with Gasteiger partial charge in [-0.05, 0) is 24.7 Å². The Morgan fingerprint density at radius 1 is 1.09 bits per heavy atom. The first-order valence-corrected chi connectivity index (χ1v) is 5.03. The van der Waals surface area contributed by atoms with E-state index in [9.17, 15) is 5.11 Å². The second-order valence-electron chi connectivity index (χ2n) is 4.01. The van der Waals surface area contributed by atoms with Crippen LogP contribution >= 0.6 is 11.6 Å². The second kappa shape index (κ2) is 2.95. The smallest absolute Gasteiger partial charge is 0.0706 e. The SMILES string of the molecule is OC1CC2CCCC2CC1Cl. The first-order valence-electron chi connectivity index (χ1n) is 4.59. The van der Waals surface area contributed by atoms with Gasteiger partial charge in [-0.1, -0.05) is 19.3 Å². The normalized spacial score (nSPS) is 50.7. The molecule has 0 aliphatic heterocycles. The predicted molar refractivity (Wildman–Crippen MR) is 45.7 cm³/mol. The molecule has 0 spiro atoms. The largest absolute Gasteiger partial charge is 0.392 e. The number of aliphatic hydroxyl groups is 1. The number of halogens is 1. The van der Waals surface area contributed by atoms with Gasteiger partial charge in [0.25, 0.3) is 0 Å². The van der Waals surface area contributed by atoms with Crippen LogP contribution in [0.15, 0.2) is 0 Å². The zero-order valence-electron chi connectivity index (χ0n) is 6.67. The number of hydrogen-bond acceptors (Lipinski definition) is 1. The van der Waals surface area contributed by atoms with Crippen molar-refractivity contribution in [3.8, 4) is 0 Å². The summed E-state index contributed by atoms with van der Waals surface area (Å²) in [6, 6.07) is 0. The van der Waals surface area contributed by atoms with Gasteiger partial charge in [0.1, 0.15) is 0 Å². The molecule has 2 heteroatoms. The Bertz CT molecular complexity index is 132. The predicted octanol–water partition coefficient (Wildman–Crippen LogP) is 2.16. The average Bonchev–Trinajstić information content (AvgIpc) is 2.36. The highest BCUT2D eigenvalue weighted by Crippen LogP contribution is 2.43. The summed E-state index contributed by atoms with van der Waals surface area (Å²) in [4.78, 5) is 0. The molecule has 1 nitrogen and oxygen atoms in total. The molecule has 2 fully saturated rings. The van der Waals surface area contributed by atoms with E-state index in [1.807, 2.05) is 0 Å². The zero-order valence-corrected chi connectivity index (χ0v) is 7.43. The maximum Gasteiger partial charge on any atom is 0.0706 e. The molecule has 0 aromatic heterocycles. The number of aliphatic hydroxyl groups excluding tert-OH is 1. The lowest BCUT2D eigenvalue weighted by Gasteiger charge is -2.32. The minimum absolute atomic E-state index is 0.0364. The van der Waals surface area contributed by atoms with Gasteiger partial charge < -0.3 is 5.11 Å². The lowest BCUT2D eigenvalue weighted by atomic mass is 9.80. The Morgan fingerprint density at radius 2 is 1.73 bits per heavy atom. The Balaban J connectivity index is 2.00. The summed E-state index contributed by atoms with van der Waals surface area (Å²) in [5.41, 5.74) is 0. The molecule has 0 amide bonds. The number of alkyl halides is 1. The molecule has 0 radical (unpaired) electrons. The fraction of sp³-hybridized carbons (Fsp3) is 1.00. The maximum atomic E-state index is 9.49. The van der Waals surface area contributed by atoms with E-state index < -0.39 is 0 Å². The van der Waals surface area contributed by atoms with Crippen LogP contribution in [0, 0.1) is 11.8 Å². The van der Waals surface area contributed by atoms with Crippen LogP contribution in [0.5, 0.6) is 0 Å². The van der Waals surface area contributed by atoms with Crippen molar-refractivity contribution in [1.82, 2.24) is 0 Å². The Kier molecular flexibility index (Phi) is 2.11. The second-order valence-corrected chi connectivity index (χ2v) is 4.57. The van der Waals surface area contributed by atoms with E-state index in [0.717, 1.165) is 24.7 Å². The highest BCUT2D eigenvalue weighted by atomic mass is 35.5. The maximum absolute atomic E-state index is 9.49. The van der Waals surface area contributed by atoms with Crippen molar-refractivity contribution in [2.75, 3.05) is 0 Å². The lowest BCUT2D eigenvalue weighted by molar-refractivity contribution is 0.0848. The van der Waals surface area contributed by atoms with E-state index in [1.54, 1.807) is 0 Å². The van der Waals surface area contributed by atoms with Gasteiger partial charge in [-0.25, -0.2) is 0 Å². The van der Waals surface area contributed by atoms with Gasteiger partial charge in [0.2, 0.25) is 0 Å². The van der Waals surface area contributed by atoms with Crippen LogP contribution < -0.4 is 0 Å². The summed E-state index contributed by atoms with van der Waals surface area (Å²) in [6.07, 6.45) is 5.81. The summed E-state index contributed by atoms with van der Waals surface area (Å²) in [7, 11) is 0. The Hall–Kier alpha value is 0.250. The van der Waals surface area contributed by atoms with Crippen molar-refractivity contribution >= 4 is 11.6 Å². The van der Waals surface area contributed by atoms with E-state index in [0.29, 0.717) is 0 Å². The molecule has 4 atom stereocenters. The fourth-order valence-corrected chi connectivity index (χ4v) is 2.97. The van der Waals surface area contributed by atoms with E-state index in [4.69, 9.17) is 11.6 Å². The first kappa shape index (κ1) is 7.88. The molecule has 4 unspecified atom stereocenters. The molecular formula is C9H15ClO. The van der Waals surface area contributed by atoms with Gasteiger partial charge in [-0.15, -0.1) is 11.6 Å². The van der Waals surface area contributed by atoms with Gasteiger partial charge >= 0.3 is 0 Å². The van der Waals surface area contributed by atoms with Gasteiger partial charge in [0.15, 0.2) is 0 Å². The molecule has 0 saturated heterocycles. The minimum Gasteiger partial charge on any atom is -0.392 e. The number of rotatable bonds is 0. The molecule has 2 aliphatic carbocycles. The van der Waals surface area contributed by atoms with Crippen LogP contribution in [0.3, 0.4) is 0 Å². The molecule has 0 aromatic carbocycles. The van der Waals surface area contributed by atoms with Crippen molar-refractivity contribution in [2.24, 2.45) is 11.8 Å². The Morgan fingerprint density at radius 3 is 2.45 bits per heavy atom. The first-order chi connectivity index (χ1) is 5.27. The molecule has 2 saturated carbocycles. The third kappa shape index (κ3) is 1.41. The van der Waals surface area contributed by atoms with Gasteiger partial charge in [0, 0.05) is 0 Å². The van der Waals surface area contributed by atoms with Crippen LogP contribution in [0.2, 0.25) is 0 Å². The molecule has 2 rings (SSSR count). The highest BCUT2D eigenvalue weighted by Gasteiger charge is 2.37. The van der Waals surface area contributed by atoms with Crippen LogP contribution in [0.4, 0.5) is 0 Å². The molecule has 1 N–H and O–H groups in total. The van der Waals surface area contributed by atoms with Crippen molar-refractivity contribution in [2.45, 2.75) is 43.6 Å². The number of hydrogen-bond donors (Lipinski definition) is 1. The summed E-state index contributed by atoms with van der Waals surface area (Å²) >= 11 is 5.98. The molecule has 2 aliphatic rings. The topological polar surface area (TPSA) is 20.2 Å². The zero-order chi connectivity index (χ0) is 7.84. The van der Waals surface area contributed by atoms with Crippen molar-refractivity contribution in [3.05, 3.63) is 0 Å². The summed E-state index contributed by atoms with van der Waals surface area (Å²) in [6.45, 7) is 0. The highest BCUT2D eigenvalue weighted by molar-refractivity contribution is 6.21. The van der Waals surface area contributed by atoms with Gasteiger partial charge in [-0.3, -0.25) is 0 Å². The molecule has 0 aromatic rings. The lowest BCUT2D eigenvalue weighted by Crippen LogP contribution is -2.33. The van der Waals surface area contributed by atoms with E-state index >= 15 is 0 Å². The van der Waals surface area contributed by atoms with Crippen molar-refractivity contribution < 1.29 is 5.11 Å². The van der Waals surface area contributed by atoms with Crippen molar-refractivity contribution in [3.63, 3.8) is 0 Å².